The Hall–Kier alpha value is -2.67. The number of aromatic nitrogens is 2. The van der Waals surface area contributed by atoms with Crippen molar-refractivity contribution in [2.75, 3.05) is 6.61 Å². The number of carboxylic acids is 1. The summed E-state index contributed by atoms with van der Waals surface area (Å²) in [5.74, 6) is -1.90. The van der Waals surface area contributed by atoms with Crippen LogP contribution < -0.4 is 5.32 Å². The molecular weight excluding hydrogens is 274 g/mol. The first-order valence-corrected chi connectivity index (χ1v) is 6.34. The van der Waals surface area contributed by atoms with Crippen LogP contribution in [0, 0.1) is 0 Å². The van der Waals surface area contributed by atoms with Crippen molar-refractivity contribution in [3.63, 3.8) is 0 Å². The fourth-order valence-corrected chi connectivity index (χ4v) is 1.94. The van der Waals surface area contributed by atoms with Gasteiger partial charge in [0, 0.05) is 0 Å². The standard InChI is InChI=1S/C14H15N3O4/c18-7-10(6-9-4-2-1-3-5-9)17-13(19)11-12(14(20)21)16-8-15-11/h1-5,8,10,18H,6-7H2,(H,15,16)(H,17,19)(H,20,21)/t10-/m1/s1. The highest BCUT2D eigenvalue weighted by atomic mass is 16.4. The molecule has 1 heterocycles. The van der Waals surface area contributed by atoms with E-state index in [0.29, 0.717) is 6.42 Å². The van der Waals surface area contributed by atoms with E-state index in [-0.39, 0.29) is 18.0 Å². The summed E-state index contributed by atoms with van der Waals surface area (Å²) in [6.45, 7) is -0.256. The molecule has 0 fully saturated rings. The quantitative estimate of drug-likeness (QED) is 0.616. The number of aliphatic hydroxyl groups excluding tert-OH is 1. The first-order chi connectivity index (χ1) is 10.1. The van der Waals surface area contributed by atoms with Gasteiger partial charge < -0.3 is 20.5 Å². The zero-order valence-electron chi connectivity index (χ0n) is 11.1. The van der Waals surface area contributed by atoms with E-state index in [2.05, 4.69) is 15.3 Å². The van der Waals surface area contributed by atoms with Gasteiger partial charge in [0.2, 0.25) is 0 Å². The SMILES string of the molecule is O=C(N[C@@H](CO)Cc1ccccc1)c1nc[nH]c1C(=O)O. The zero-order valence-corrected chi connectivity index (χ0v) is 11.1. The van der Waals surface area contributed by atoms with Crippen molar-refractivity contribution in [1.29, 1.82) is 0 Å². The van der Waals surface area contributed by atoms with Crippen LogP contribution in [0.5, 0.6) is 0 Å². The van der Waals surface area contributed by atoms with Crippen LogP contribution in [-0.4, -0.2) is 44.7 Å². The molecule has 1 aromatic heterocycles. The van der Waals surface area contributed by atoms with Crippen molar-refractivity contribution < 1.29 is 19.8 Å². The molecule has 0 saturated carbocycles. The van der Waals surface area contributed by atoms with Gasteiger partial charge in [-0.1, -0.05) is 30.3 Å². The summed E-state index contributed by atoms with van der Waals surface area (Å²) in [6.07, 6.45) is 1.58. The van der Waals surface area contributed by atoms with Gasteiger partial charge in [-0.15, -0.1) is 0 Å². The second-order valence-corrected chi connectivity index (χ2v) is 4.47. The van der Waals surface area contributed by atoms with Gasteiger partial charge in [0.25, 0.3) is 5.91 Å². The van der Waals surface area contributed by atoms with Crippen LogP contribution in [0.15, 0.2) is 36.7 Å². The van der Waals surface area contributed by atoms with Crippen molar-refractivity contribution in [2.45, 2.75) is 12.5 Å². The number of rotatable bonds is 6. The van der Waals surface area contributed by atoms with Crippen LogP contribution in [0.3, 0.4) is 0 Å². The number of nitrogens with zero attached hydrogens (tertiary/aromatic N) is 1. The Bertz CT molecular complexity index is 624. The van der Waals surface area contributed by atoms with E-state index in [1.54, 1.807) is 0 Å². The minimum Gasteiger partial charge on any atom is -0.477 e. The molecule has 7 nitrogen and oxygen atoms in total. The predicted octanol–water partition coefficient (Wildman–Crippen LogP) is 0.441. The van der Waals surface area contributed by atoms with Crippen molar-refractivity contribution in [3.8, 4) is 0 Å². The molecule has 110 valence electrons. The highest BCUT2D eigenvalue weighted by Crippen LogP contribution is 2.06. The maximum absolute atomic E-state index is 12.0. The van der Waals surface area contributed by atoms with Crippen molar-refractivity contribution in [1.82, 2.24) is 15.3 Å². The number of aromatic carboxylic acids is 1. The molecule has 0 radical (unpaired) electrons. The summed E-state index contributed by atoms with van der Waals surface area (Å²) < 4.78 is 0. The molecule has 0 unspecified atom stereocenters. The van der Waals surface area contributed by atoms with Gasteiger partial charge in [-0.05, 0) is 12.0 Å². The molecule has 1 atom stereocenters. The largest absolute Gasteiger partial charge is 0.477 e. The zero-order chi connectivity index (χ0) is 15.2. The monoisotopic (exact) mass is 289 g/mol. The number of nitrogens with one attached hydrogen (secondary N) is 2. The second kappa shape index (κ2) is 6.67. The van der Waals surface area contributed by atoms with E-state index < -0.39 is 17.9 Å². The normalized spacial score (nSPS) is 11.9. The Morgan fingerprint density at radius 2 is 2.00 bits per heavy atom. The van der Waals surface area contributed by atoms with E-state index in [9.17, 15) is 14.7 Å². The van der Waals surface area contributed by atoms with Crippen LogP contribution >= 0.6 is 0 Å². The van der Waals surface area contributed by atoms with Crippen LogP contribution in [-0.2, 0) is 6.42 Å². The van der Waals surface area contributed by atoms with Gasteiger partial charge in [-0.2, -0.15) is 0 Å². The van der Waals surface area contributed by atoms with Gasteiger partial charge >= 0.3 is 5.97 Å². The minimum absolute atomic E-state index is 0.200. The lowest BCUT2D eigenvalue weighted by Gasteiger charge is -2.15. The molecule has 4 N–H and O–H groups in total. The number of carboxylic acid groups (broad SMARTS) is 1. The first-order valence-electron chi connectivity index (χ1n) is 6.34. The summed E-state index contributed by atoms with van der Waals surface area (Å²) in [4.78, 5) is 29.1. The van der Waals surface area contributed by atoms with Crippen LogP contribution in [0.2, 0.25) is 0 Å². The number of hydrogen-bond donors (Lipinski definition) is 4. The Labute approximate surface area is 120 Å². The number of imidazole rings is 1. The van der Waals surface area contributed by atoms with Crippen LogP contribution in [0.4, 0.5) is 0 Å². The lowest BCUT2D eigenvalue weighted by atomic mass is 10.1. The molecule has 21 heavy (non-hydrogen) atoms. The molecule has 7 heteroatoms. The fraction of sp³-hybridized carbons (Fsp3) is 0.214. The fourth-order valence-electron chi connectivity index (χ4n) is 1.94. The van der Waals surface area contributed by atoms with Crippen LogP contribution in [0.1, 0.15) is 26.5 Å². The Balaban J connectivity index is 2.06. The van der Waals surface area contributed by atoms with E-state index in [1.165, 1.54) is 0 Å². The third-order valence-corrected chi connectivity index (χ3v) is 2.95. The number of aliphatic hydroxyl groups is 1. The number of amides is 1. The van der Waals surface area contributed by atoms with E-state index in [4.69, 9.17) is 5.11 Å². The number of hydrogen-bond acceptors (Lipinski definition) is 4. The first kappa shape index (κ1) is 14.7. The molecule has 0 aliphatic rings. The van der Waals surface area contributed by atoms with Crippen molar-refractivity contribution >= 4 is 11.9 Å². The van der Waals surface area contributed by atoms with Crippen molar-refractivity contribution in [3.05, 3.63) is 53.6 Å². The summed E-state index contributed by atoms with van der Waals surface area (Å²) in [5, 5.41) is 20.9. The number of benzene rings is 1. The minimum atomic E-state index is -1.26. The lowest BCUT2D eigenvalue weighted by Crippen LogP contribution is -2.39. The molecular formula is C14H15N3O4. The van der Waals surface area contributed by atoms with Gasteiger partial charge in [0.05, 0.1) is 19.0 Å². The van der Waals surface area contributed by atoms with Gasteiger partial charge in [-0.25, -0.2) is 9.78 Å². The molecule has 0 spiro atoms. The molecule has 2 rings (SSSR count). The third kappa shape index (κ3) is 3.67. The smallest absolute Gasteiger partial charge is 0.354 e. The maximum atomic E-state index is 12.0. The average molecular weight is 289 g/mol. The number of aromatic amines is 1. The highest BCUT2D eigenvalue weighted by molar-refractivity contribution is 6.02. The third-order valence-electron chi connectivity index (χ3n) is 2.95. The maximum Gasteiger partial charge on any atom is 0.354 e. The molecule has 0 saturated heterocycles. The molecule has 1 aromatic carbocycles. The Morgan fingerprint density at radius 3 is 2.62 bits per heavy atom. The molecule has 0 aliphatic carbocycles. The Morgan fingerprint density at radius 1 is 1.29 bits per heavy atom. The Kier molecular flexibility index (Phi) is 4.68. The van der Waals surface area contributed by atoms with Crippen molar-refractivity contribution in [2.24, 2.45) is 0 Å². The molecule has 0 bridgehead atoms. The molecule has 1 amide bonds. The van der Waals surface area contributed by atoms with Gasteiger partial charge in [-0.3, -0.25) is 4.79 Å². The summed E-state index contributed by atoms with van der Waals surface area (Å²) in [6, 6.07) is 8.85. The topological polar surface area (TPSA) is 115 Å². The van der Waals surface area contributed by atoms with Gasteiger partial charge in [0.1, 0.15) is 0 Å². The second-order valence-electron chi connectivity index (χ2n) is 4.47. The lowest BCUT2D eigenvalue weighted by molar-refractivity contribution is 0.0684. The number of H-pyrrole nitrogens is 1. The summed E-state index contributed by atoms with van der Waals surface area (Å²) in [5.41, 5.74) is 0.482. The molecule has 0 aliphatic heterocycles. The number of carbonyl (C=O) groups excluding carboxylic acids is 1. The van der Waals surface area contributed by atoms with E-state index >= 15 is 0 Å². The number of carbonyl (C=O) groups is 2. The van der Waals surface area contributed by atoms with E-state index in [1.807, 2.05) is 30.3 Å². The average Bonchev–Trinajstić information content (AvgIpc) is 2.97. The van der Waals surface area contributed by atoms with E-state index in [0.717, 1.165) is 11.9 Å². The van der Waals surface area contributed by atoms with Crippen LogP contribution in [0.25, 0.3) is 0 Å². The summed E-state index contributed by atoms with van der Waals surface area (Å²) >= 11 is 0. The highest BCUT2D eigenvalue weighted by Gasteiger charge is 2.22. The van der Waals surface area contributed by atoms with Gasteiger partial charge in [0.15, 0.2) is 11.4 Å². The predicted molar refractivity (Wildman–Crippen MR) is 74.0 cm³/mol. The molecule has 2 aromatic rings. The summed E-state index contributed by atoms with van der Waals surface area (Å²) in [7, 11) is 0.